The first kappa shape index (κ1) is 22.5. The number of halogens is 1. The molecular weight excluding hydrogens is 450 g/mol. The number of pyridine rings is 1. The van der Waals surface area contributed by atoms with Gasteiger partial charge in [0.1, 0.15) is 0 Å². The van der Waals surface area contributed by atoms with Crippen molar-refractivity contribution in [2.24, 2.45) is 0 Å². The highest BCUT2D eigenvalue weighted by Crippen LogP contribution is 2.29. The third-order valence-corrected chi connectivity index (χ3v) is 6.02. The molecule has 4 aromatic carbocycles. The van der Waals surface area contributed by atoms with Crippen molar-refractivity contribution in [2.75, 3.05) is 0 Å². The number of nitrogens with zero attached hydrogens (tertiary/aromatic N) is 1. The molecule has 0 aliphatic carbocycles. The molecule has 0 aliphatic heterocycles. The van der Waals surface area contributed by atoms with Crippen LogP contribution < -0.4 is 0 Å². The summed E-state index contributed by atoms with van der Waals surface area (Å²) in [6.45, 7) is 0. The minimum Gasteiger partial charge on any atom is -0.289 e. The summed E-state index contributed by atoms with van der Waals surface area (Å²) in [7, 11) is 0. The van der Waals surface area contributed by atoms with Gasteiger partial charge in [0.25, 0.3) is 0 Å². The van der Waals surface area contributed by atoms with E-state index >= 15 is 0 Å². The van der Waals surface area contributed by atoms with E-state index in [0.717, 1.165) is 27.6 Å². The van der Waals surface area contributed by atoms with E-state index in [1.807, 2.05) is 133 Å². The largest absolute Gasteiger partial charge is 0.289 e. The average molecular weight is 472 g/mol. The zero-order valence-corrected chi connectivity index (χ0v) is 19.7. The molecule has 2 nitrogen and oxygen atoms in total. The van der Waals surface area contributed by atoms with E-state index in [4.69, 9.17) is 16.6 Å². The number of hydrogen-bond acceptors (Lipinski definition) is 2. The Balaban J connectivity index is 1.73. The first-order valence-electron chi connectivity index (χ1n) is 11.4. The van der Waals surface area contributed by atoms with E-state index in [0.29, 0.717) is 21.8 Å². The van der Waals surface area contributed by atoms with Gasteiger partial charge >= 0.3 is 0 Å². The van der Waals surface area contributed by atoms with Crippen LogP contribution in [-0.2, 0) is 0 Å². The lowest BCUT2D eigenvalue weighted by Gasteiger charge is -2.13. The summed E-state index contributed by atoms with van der Waals surface area (Å²) >= 11 is 6.05. The molecule has 1 aromatic heterocycles. The van der Waals surface area contributed by atoms with Crippen LogP contribution in [0.25, 0.3) is 35.2 Å². The van der Waals surface area contributed by atoms with Gasteiger partial charge in [-0.1, -0.05) is 121 Å². The van der Waals surface area contributed by atoms with E-state index in [1.165, 1.54) is 0 Å². The molecule has 0 N–H and O–H groups in total. The maximum Gasteiger partial charge on any atom is 0.195 e. The quantitative estimate of drug-likeness (QED) is 0.232. The predicted molar refractivity (Wildman–Crippen MR) is 147 cm³/mol. The first-order valence-corrected chi connectivity index (χ1v) is 11.8. The smallest absolute Gasteiger partial charge is 0.195 e. The highest BCUT2D eigenvalue weighted by atomic mass is 35.5. The SMILES string of the molecule is O=C(c1ccccc1)c1c(/C=C/c2ccc(Cl)cc2)nc2ccccc2c1/C=C/c1ccccc1. The molecule has 0 bridgehead atoms. The number of fused-ring (bicyclic) bond motifs is 1. The Morgan fingerprint density at radius 1 is 0.629 bits per heavy atom. The summed E-state index contributed by atoms with van der Waals surface area (Å²) in [6.07, 6.45) is 7.93. The minimum absolute atomic E-state index is 0.0627. The number of para-hydroxylation sites is 1. The monoisotopic (exact) mass is 471 g/mol. The number of ketones is 1. The summed E-state index contributed by atoms with van der Waals surface area (Å²) in [4.78, 5) is 18.8. The van der Waals surface area contributed by atoms with E-state index in [2.05, 4.69) is 0 Å². The van der Waals surface area contributed by atoms with Crippen molar-refractivity contribution < 1.29 is 4.79 Å². The van der Waals surface area contributed by atoms with Gasteiger partial charge in [-0.3, -0.25) is 4.79 Å². The molecular formula is C32H22ClNO. The molecule has 168 valence electrons. The lowest BCUT2D eigenvalue weighted by atomic mass is 9.92. The Labute approximate surface area is 209 Å². The molecule has 1 heterocycles. The Morgan fingerprint density at radius 3 is 1.97 bits per heavy atom. The van der Waals surface area contributed by atoms with Gasteiger partial charge in [-0.05, 0) is 41.0 Å². The molecule has 0 saturated carbocycles. The second kappa shape index (κ2) is 10.3. The van der Waals surface area contributed by atoms with E-state index in [-0.39, 0.29) is 5.78 Å². The van der Waals surface area contributed by atoms with Crippen LogP contribution in [0, 0.1) is 0 Å². The Morgan fingerprint density at radius 2 is 1.23 bits per heavy atom. The lowest BCUT2D eigenvalue weighted by Crippen LogP contribution is -2.08. The van der Waals surface area contributed by atoms with Crippen molar-refractivity contribution in [3.63, 3.8) is 0 Å². The third kappa shape index (κ3) is 5.13. The van der Waals surface area contributed by atoms with Crippen LogP contribution in [-0.4, -0.2) is 10.8 Å². The second-order valence-electron chi connectivity index (χ2n) is 8.13. The molecule has 0 unspecified atom stereocenters. The van der Waals surface area contributed by atoms with Gasteiger partial charge in [0.2, 0.25) is 0 Å². The minimum atomic E-state index is -0.0627. The Bertz CT molecular complexity index is 1540. The number of hydrogen-bond donors (Lipinski definition) is 0. The molecule has 5 rings (SSSR count). The van der Waals surface area contributed by atoms with Gasteiger partial charge in [0.15, 0.2) is 5.78 Å². The second-order valence-corrected chi connectivity index (χ2v) is 8.56. The van der Waals surface area contributed by atoms with Crippen LogP contribution in [0.2, 0.25) is 5.02 Å². The zero-order chi connectivity index (χ0) is 24.0. The molecule has 0 saturated heterocycles. The van der Waals surface area contributed by atoms with E-state index in [9.17, 15) is 4.79 Å². The number of rotatable bonds is 6. The van der Waals surface area contributed by atoms with Crippen molar-refractivity contribution in [1.29, 1.82) is 0 Å². The van der Waals surface area contributed by atoms with Crippen LogP contribution in [0.1, 0.15) is 38.3 Å². The van der Waals surface area contributed by atoms with Gasteiger partial charge in [0.05, 0.1) is 16.8 Å². The average Bonchev–Trinajstić information content (AvgIpc) is 2.92. The molecule has 0 amide bonds. The molecule has 0 spiro atoms. The predicted octanol–water partition coefficient (Wildman–Crippen LogP) is 8.46. The zero-order valence-electron chi connectivity index (χ0n) is 18.9. The summed E-state index contributed by atoms with van der Waals surface area (Å²) < 4.78 is 0. The number of carbonyl (C=O) groups is 1. The van der Waals surface area contributed by atoms with E-state index < -0.39 is 0 Å². The molecule has 0 atom stereocenters. The molecule has 35 heavy (non-hydrogen) atoms. The summed E-state index contributed by atoms with van der Waals surface area (Å²) in [6, 6.07) is 34.9. The fourth-order valence-corrected chi connectivity index (χ4v) is 4.14. The highest BCUT2D eigenvalue weighted by molar-refractivity contribution is 6.30. The van der Waals surface area contributed by atoms with Crippen molar-refractivity contribution in [3.8, 4) is 0 Å². The molecule has 0 fully saturated rings. The molecule has 0 aliphatic rings. The van der Waals surface area contributed by atoms with Crippen molar-refractivity contribution in [1.82, 2.24) is 4.98 Å². The Kier molecular flexibility index (Phi) is 6.65. The fourth-order valence-electron chi connectivity index (χ4n) is 4.02. The van der Waals surface area contributed by atoms with Crippen LogP contribution in [0.5, 0.6) is 0 Å². The van der Waals surface area contributed by atoms with Gasteiger partial charge in [-0.25, -0.2) is 4.98 Å². The molecule has 3 heteroatoms. The van der Waals surface area contributed by atoms with Crippen molar-refractivity contribution in [3.05, 3.63) is 148 Å². The molecule has 0 radical (unpaired) electrons. The topological polar surface area (TPSA) is 30.0 Å². The van der Waals surface area contributed by atoms with Gasteiger partial charge < -0.3 is 0 Å². The maximum atomic E-state index is 13.9. The highest BCUT2D eigenvalue weighted by Gasteiger charge is 2.20. The summed E-state index contributed by atoms with van der Waals surface area (Å²) in [5, 5.41) is 1.61. The first-order chi connectivity index (χ1) is 17.2. The van der Waals surface area contributed by atoms with Crippen LogP contribution >= 0.6 is 11.6 Å². The number of carbonyl (C=O) groups excluding carboxylic acids is 1. The van der Waals surface area contributed by atoms with Gasteiger partial charge in [-0.15, -0.1) is 0 Å². The van der Waals surface area contributed by atoms with Crippen LogP contribution in [0.3, 0.4) is 0 Å². The van der Waals surface area contributed by atoms with Crippen LogP contribution in [0.15, 0.2) is 109 Å². The van der Waals surface area contributed by atoms with E-state index in [1.54, 1.807) is 0 Å². The van der Waals surface area contributed by atoms with Crippen molar-refractivity contribution in [2.45, 2.75) is 0 Å². The summed E-state index contributed by atoms with van der Waals surface area (Å²) in [5.41, 5.74) is 5.55. The third-order valence-electron chi connectivity index (χ3n) is 5.77. The summed E-state index contributed by atoms with van der Waals surface area (Å²) in [5.74, 6) is -0.0627. The van der Waals surface area contributed by atoms with Gasteiger partial charge in [-0.2, -0.15) is 0 Å². The van der Waals surface area contributed by atoms with Crippen molar-refractivity contribution >= 4 is 52.6 Å². The molecule has 5 aromatic rings. The van der Waals surface area contributed by atoms with Crippen LogP contribution in [0.4, 0.5) is 0 Å². The lowest BCUT2D eigenvalue weighted by molar-refractivity contribution is 0.103. The number of aromatic nitrogens is 1. The standard InChI is InChI=1S/C32H22ClNO/c33-26-19-15-24(16-20-26)18-22-30-31(32(35)25-11-5-2-6-12-25)28(21-17-23-9-3-1-4-10-23)27-13-7-8-14-29(27)34-30/h1-22H/b21-17+,22-18+. The number of benzene rings is 4. The Hall–Kier alpha value is -4.27. The fraction of sp³-hybridized carbons (Fsp3) is 0. The normalized spacial score (nSPS) is 11.5. The van der Waals surface area contributed by atoms with Gasteiger partial charge in [0, 0.05) is 16.0 Å². The maximum absolute atomic E-state index is 13.9.